The summed E-state index contributed by atoms with van der Waals surface area (Å²) in [5.74, 6) is 0. The predicted molar refractivity (Wildman–Crippen MR) is 67.6 cm³/mol. The molecule has 1 aliphatic heterocycles. The van der Waals surface area contributed by atoms with Crippen molar-refractivity contribution in [1.82, 2.24) is 0 Å². The van der Waals surface area contributed by atoms with Gasteiger partial charge in [-0.3, -0.25) is 0 Å². The molecule has 1 heterocycles. The van der Waals surface area contributed by atoms with Crippen LogP contribution >= 0.6 is 27.5 Å². The van der Waals surface area contributed by atoms with Gasteiger partial charge in [0.05, 0.1) is 5.02 Å². The largest absolute Gasteiger partial charge is 0.370 e. The summed E-state index contributed by atoms with van der Waals surface area (Å²) in [4.78, 5) is 2.44. The Hall–Kier alpha value is -0.210. The van der Waals surface area contributed by atoms with Gasteiger partial charge in [0.25, 0.3) is 0 Å². The van der Waals surface area contributed by atoms with E-state index in [-0.39, 0.29) is 0 Å². The first-order chi connectivity index (χ1) is 7.19. The molecular formula is C12H13BrClN. The van der Waals surface area contributed by atoms with Crippen molar-refractivity contribution >= 4 is 33.2 Å². The van der Waals surface area contributed by atoms with Gasteiger partial charge in [-0.1, -0.05) is 18.0 Å². The highest BCUT2D eigenvalue weighted by molar-refractivity contribution is 9.10. The maximum absolute atomic E-state index is 5.98. The van der Waals surface area contributed by atoms with Crippen molar-refractivity contribution in [3.8, 4) is 0 Å². The van der Waals surface area contributed by atoms with Crippen LogP contribution in [0.2, 0.25) is 5.02 Å². The smallest absolute Gasteiger partial charge is 0.0549 e. The molecule has 0 aromatic heterocycles. The summed E-state index contributed by atoms with van der Waals surface area (Å²) in [5, 5.41) is 0.789. The van der Waals surface area contributed by atoms with E-state index in [9.17, 15) is 0 Å². The zero-order valence-corrected chi connectivity index (χ0v) is 10.8. The number of hydrogen-bond donors (Lipinski definition) is 0. The van der Waals surface area contributed by atoms with E-state index in [0.717, 1.165) is 9.50 Å². The Kier molecular flexibility index (Phi) is 2.26. The molecule has 2 fully saturated rings. The molecule has 1 aromatic carbocycles. The topological polar surface area (TPSA) is 3.24 Å². The molecule has 0 atom stereocenters. The lowest BCUT2D eigenvalue weighted by molar-refractivity contribution is 0.0904. The second kappa shape index (κ2) is 3.39. The van der Waals surface area contributed by atoms with Crippen molar-refractivity contribution in [1.29, 1.82) is 0 Å². The SMILES string of the molecule is Clc1ccc(N2CC3(CCC3)C2)cc1Br. The van der Waals surface area contributed by atoms with E-state index in [1.54, 1.807) is 0 Å². The van der Waals surface area contributed by atoms with Gasteiger partial charge in [-0.2, -0.15) is 0 Å². The lowest BCUT2D eigenvalue weighted by Crippen LogP contribution is -2.59. The third kappa shape index (κ3) is 1.58. The molecule has 0 radical (unpaired) electrons. The van der Waals surface area contributed by atoms with E-state index in [1.165, 1.54) is 38.0 Å². The van der Waals surface area contributed by atoms with E-state index >= 15 is 0 Å². The summed E-state index contributed by atoms with van der Waals surface area (Å²) in [6.45, 7) is 2.47. The van der Waals surface area contributed by atoms with Crippen molar-refractivity contribution in [2.45, 2.75) is 19.3 Å². The van der Waals surface area contributed by atoms with Crippen LogP contribution < -0.4 is 4.90 Å². The van der Waals surface area contributed by atoms with Crippen molar-refractivity contribution in [3.63, 3.8) is 0 Å². The highest BCUT2D eigenvalue weighted by Gasteiger charge is 2.47. The third-order valence-electron chi connectivity index (χ3n) is 3.74. The minimum absolute atomic E-state index is 0.687. The number of halogens is 2. The average Bonchev–Trinajstić information content (AvgIpc) is 2.06. The van der Waals surface area contributed by atoms with Gasteiger partial charge >= 0.3 is 0 Å². The number of rotatable bonds is 1. The van der Waals surface area contributed by atoms with Crippen LogP contribution in [0.5, 0.6) is 0 Å². The van der Waals surface area contributed by atoms with Gasteiger partial charge in [0.15, 0.2) is 0 Å². The van der Waals surface area contributed by atoms with Crippen LogP contribution in [-0.2, 0) is 0 Å². The summed E-state index contributed by atoms with van der Waals surface area (Å²) in [6, 6.07) is 6.19. The number of benzene rings is 1. The molecule has 1 spiro atoms. The highest BCUT2D eigenvalue weighted by atomic mass is 79.9. The van der Waals surface area contributed by atoms with Crippen LogP contribution in [-0.4, -0.2) is 13.1 Å². The van der Waals surface area contributed by atoms with E-state index in [2.05, 4.69) is 33.0 Å². The second-order valence-corrected chi connectivity index (χ2v) is 6.07. The molecule has 15 heavy (non-hydrogen) atoms. The molecule has 0 amide bonds. The molecule has 80 valence electrons. The highest BCUT2D eigenvalue weighted by Crippen LogP contribution is 2.49. The molecule has 3 rings (SSSR count). The van der Waals surface area contributed by atoms with Crippen LogP contribution in [0.3, 0.4) is 0 Å². The van der Waals surface area contributed by atoms with Crippen molar-refractivity contribution < 1.29 is 0 Å². The Morgan fingerprint density at radius 1 is 1.27 bits per heavy atom. The lowest BCUT2D eigenvalue weighted by Gasteiger charge is -2.57. The fourth-order valence-corrected chi connectivity index (χ4v) is 3.11. The maximum atomic E-state index is 5.98. The lowest BCUT2D eigenvalue weighted by atomic mass is 9.63. The molecule has 3 heteroatoms. The Labute approximate surface area is 104 Å². The summed E-state index contributed by atoms with van der Waals surface area (Å²) < 4.78 is 0.997. The zero-order chi connectivity index (χ0) is 10.5. The van der Waals surface area contributed by atoms with Crippen LogP contribution in [0.1, 0.15) is 19.3 Å². The van der Waals surface area contributed by atoms with Gasteiger partial charge in [0, 0.05) is 28.7 Å². The third-order valence-corrected chi connectivity index (χ3v) is 4.95. The molecule has 1 aromatic rings. The van der Waals surface area contributed by atoms with Crippen molar-refractivity contribution in [2.24, 2.45) is 5.41 Å². The number of hydrogen-bond acceptors (Lipinski definition) is 1. The van der Waals surface area contributed by atoms with Crippen molar-refractivity contribution in [2.75, 3.05) is 18.0 Å². The Morgan fingerprint density at radius 3 is 2.53 bits per heavy atom. The van der Waals surface area contributed by atoms with Gasteiger partial charge in [-0.25, -0.2) is 0 Å². The molecule has 0 unspecified atom stereocenters. The summed E-state index contributed by atoms with van der Waals surface area (Å²) in [5.41, 5.74) is 1.98. The first kappa shape index (κ1) is 9.98. The first-order valence-electron chi connectivity index (χ1n) is 5.39. The summed E-state index contributed by atoms with van der Waals surface area (Å²) in [7, 11) is 0. The van der Waals surface area contributed by atoms with Gasteiger partial charge in [0.2, 0.25) is 0 Å². The minimum atomic E-state index is 0.687. The van der Waals surface area contributed by atoms with E-state index in [0.29, 0.717) is 5.41 Å². The Bertz CT molecular complexity index is 393. The summed E-state index contributed by atoms with van der Waals surface area (Å²) in [6.07, 6.45) is 4.29. The molecule has 1 saturated heterocycles. The van der Waals surface area contributed by atoms with E-state index in [4.69, 9.17) is 11.6 Å². The number of nitrogens with zero attached hydrogens (tertiary/aromatic N) is 1. The van der Waals surface area contributed by atoms with E-state index < -0.39 is 0 Å². The number of anilines is 1. The van der Waals surface area contributed by atoms with Gasteiger partial charge in [0.1, 0.15) is 0 Å². The predicted octanol–water partition coefficient (Wildman–Crippen LogP) is 4.09. The summed E-state index contributed by atoms with van der Waals surface area (Å²) >= 11 is 9.44. The van der Waals surface area contributed by atoms with Gasteiger partial charge in [-0.05, 0) is 47.0 Å². The maximum Gasteiger partial charge on any atom is 0.0549 e. The van der Waals surface area contributed by atoms with E-state index in [1.807, 2.05) is 6.07 Å². The molecule has 2 aliphatic rings. The second-order valence-electron chi connectivity index (χ2n) is 4.81. The first-order valence-corrected chi connectivity index (χ1v) is 6.56. The normalized spacial score (nSPS) is 22.4. The van der Waals surface area contributed by atoms with Gasteiger partial charge in [-0.15, -0.1) is 0 Å². The molecular weight excluding hydrogens is 273 g/mol. The zero-order valence-electron chi connectivity index (χ0n) is 8.47. The molecule has 1 saturated carbocycles. The molecule has 1 aliphatic carbocycles. The quantitative estimate of drug-likeness (QED) is 0.751. The van der Waals surface area contributed by atoms with Crippen LogP contribution in [0.25, 0.3) is 0 Å². The molecule has 1 nitrogen and oxygen atoms in total. The average molecular weight is 287 g/mol. The Balaban J connectivity index is 1.75. The monoisotopic (exact) mass is 285 g/mol. The molecule has 0 N–H and O–H groups in total. The standard InChI is InChI=1S/C12H13BrClN/c13-10-6-9(2-3-11(10)14)15-7-12(8-15)4-1-5-12/h2-3,6H,1,4-5,7-8H2. The van der Waals surface area contributed by atoms with Crippen LogP contribution in [0.15, 0.2) is 22.7 Å². The van der Waals surface area contributed by atoms with Crippen molar-refractivity contribution in [3.05, 3.63) is 27.7 Å². The van der Waals surface area contributed by atoms with Crippen LogP contribution in [0, 0.1) is 5.41 Å². The Morgan fingerprint density at radius 2 is 2.00 bits per heavy atom. The molecule has 0 bridgehead atoms. The minimum Gasteiger partial charge on any atom is -0.370 e. The van der Waals surface area contributed by atoms with Gasteiger partial charge < -0.3 is 4.90 Å². The fraction of sp³-hybridized carbons (Fsp3) is 0.500. The van der Waals surface area contributed by atoms with Crippen LogP contribution in [0.4, 0.5) is 5.69 Å². The fourth-order valence-electron chi connectivity index (χ4n) is 2.62.